The fraction of sp³-hybridized carbons (Fsp3) is 0.400. The van der Waals surface area contributed by atoms with E-state index in [1.807, 2.05) is 13.0 Å². The summed E-state index contributed by atoms with van der Waals surface area (Å²) in [5.41, 5.74) is 6.12. The van der Waals surface area contributed by atoms with E-state index in [1.165, 1.54) is 6.07 Å². The molecule has 4 heteroatoms. The molecule has 0 aliphatic heterocycles. The highest BCUT2D eigenvalue weighted by molar-refractivity contribution is 5.29. The standard InChI is InChI=1S/C10H15FN2O/c1-2-14-10-4-3-8(5-9(10)11)6-13-7-12/h3-5,13H,2,6-7,12H2,1H3. The van der Waals surface area contributed by atoms with Crippen LogP contribution in [0.25, 0.3) is 0 Å². The molecule has 0 radical (unpaired) electrons. The summed E-state index contributed by atoms with van der Waals surface area (Å²) in [4.78, 5) is 0. The fourth-order valence-electron chi connectivity index (χ4n) is 1.14. The van der Waals surface area contributed by atoms with E-state index in [2.05, 4.69) is 5.32 Å². The number of hydrogen-bond acceptors (Lipinski definition) is 3. The van der Waals surface area contributed by atoms with Crippen LogP contribution >= 0.6 is 0 Å². The summed E-state index contributed by atoms with van der Waals surface area (Å²) in [5.74, 6) is -0.0350. The molecule has 78 valence electrons. The highest BCUT2D eigenvalue weighted by atomic mass is 19.1. The minimum Gasteiger partial charge on any atom is -0.491 e. The van der Waals surface area contributed by atoms with Crippen molar-refractivity contribution in [3.05, 3.63) is 29.6 Å². The van der Waals surface area contributed by atoms with E-state index in [-0.39, 0.29) is 5.82 Å². The van der Waals surface area contributed by atoms with E-state index in [4.69, 9.17) is 10.5 Å². The van der Waals surface area contributed by atoms with Gasteiger partial charge < -0.3 is 15.8 Å². The van der Waals surface area contributed by atoms with Gasteiger partial charge in [-0.1, -0.05) is 6.07 Å². The van der Waals surface area contributed by atoms with Crippen molar-refractivity contribution in [2.75, 3.05) is 13.3 Å². The van der Waals surface area contributed by atoms with Gasteiger partial charge in [0.15, 0.2) is 11.6 Å². The molecule has 1 aromatic carbocycles. The molecular formula is C10H15FN2O. The number of nitrogens with two attached hydrogens (primary N) is 1. The summed E-state index contributed by atoms with van der Waals surface area (Å²) in [6.07, 6.45) is 0. The predicted octanol–water partition coefficient (Wildman–Crippen LogP) is 1.23. The zero-order valence-electron chi connectivity index (χ0n) is 8.22. The molecule has 0 amide bonds. The zero-order chi connectivity index (χ0) is 10.4. The van der Waals surface area contributed by atoms with Crippen molar-refractivity contribution >= 4 is 0 Å². The highest BCUT2D eigenvalue weighted by Gasteiger charge is 2.03. The van der Waals surface area contributed by atoms with Crippen molar-refractivity contribution < 1.29 is 9.13 Å². The van der Waals surface area contributed by atoms with Crippen molar-refractivity contribution in [2.45, 2.75) is 13.5 Å². The molecule has 0 saturated heterocycles. The minimum atomic E-state index is -0.330. The van der Waals surface area contributed by atoms with Crippen molar-refractivity contribution in [1.29, 1.82) is 0 Å². The lowest BCUT2D eigenvalue weighted by Gasteiger charge is -2.06. The Morgan fingerprint density at radius 3 is 2.86 bits per heavy atom. The lowest BCUT2D eigenvalue weighted by molar-refractivity contribution is 0.321. The summed E-state index contributed by atoms with van der Waals surface area (Å²) in [5, 5.41) is 2.91. The van der Waals surface area contributed by atoms with Crippen LogP contribution in [0.5, 0.6) is 5.75 Å². The number of nitrogens with one attached hydrogen (secondary N) is 1. The normalized spacial score (nSPS) is 10.2. The molecule has 0 heterocycles. The zero-order valence-corrected chi connectivity index (χ0v) is 8.22. The lowest BCUT2D eigenvalue weighted by atomic mass is 10.2. The Morgan fingerprint density at radius 1 is 1.50 bits per heavy atom. The molecule has 0 aromatic heterocycles. The van der Waals surface area contributed by atoms with Crippen LogP contribution in [0.3, 0.4) is 0 Å². The van der Waals surface area contributed by atoms with E-state index in [1.54, 1.807) is 6.07 Å². The lowest BCUT2D eigenvalue weighted by Crippen LogP contribution is -2.21. The van der Waals surface area contributed by atoms with E-state index in [9.17, 15) is 4.39 Å². The number of hydrogen-bond donors (Lipinski definition) is 2. The summed E-state index contributed by atoms with van der Waals surface area (Å²) < 4.78 is 18.4. The van der Waals surface area contributed by atoms with Gasteiger partial charge >= 0.3 is 0 Å². The van der Waals surface area contributed by atoms with Gasteiger partial charge in [0.2, 0.25) is 0 Å². The predicted molar refractivity (Wildman–Crippen MR) is 53.5 cm³/mol. The second-order valence-electron chi connectivity index (χ2n) is 2.83. The van der Waals surface area contributed by atoms with E-state index >= 15 is 0 Å². The maximum absolute atomic E-state index is 13.3. The number of benzene rings is 1. The van der Waals surface area contributed by atoms with Gasteiger partial charge in [-0.15, -0.1) is 0 Å². The van der Waals surface area contributed by atoms with Crippen molar-refractivity contribution in [3.63, 3.8) is 0 Å². The molecule has 3 N–H and O–H groups in total. The topological polar surface area (TPSA) is 47.3 Å². The first kappa shape index (κ1) is 10.9. The van der Waals surface area contributed by atoms with Crippen molar-refractivity contribution in [2.24, 2.45) is 5.73 Å². The molecular weight excluding hydrogens is 183 g/mol. The molecule has 0 spiro atoms. The van der Waals surface area contributed by atoms with Gasteiger partial charge in [0.25, 0.3) is 0 Å². The van der Waals surface area contributed by atoms with Crippen LogP contribution < -0.4 is 15.8 Å². The van der Waals surface area contributed by atoms with Crippen LogP contribution in [0.15, 0.2) is 18.2 Å². The average molecular weight is 198 g/mol. The van der Waals surface area contributed by atoms with Gasteiger partial charge in [0, 0.05) is 13.2 Å². The van der Waals surface area contributed by atoms with Gasteiger partial charge in [-0.25, -0.2) is 4.39 Å². The third kappa shape index (κ3) is 2.97. The van der Waals surface area contributed by atoms with Crippen LogP contribution in [0.4, 0.5) is 4.39 Å². The molecule has 0 atom stereocenters. The van der Waals surface area contributed by atoms with Gasteiger partial charge in [-0.05, 0) is 24.6 Å². The average Bonchev–Trinajstić information content (AvgIpc) is 2.19. The second kappa shape index (κ2) is 5.57. The largest absolute Gasteiger partial charge is 0.491 e. The third-order valence-electron chi connectivity index (χ3n) is 1.77. The molecule has 3 nitrogen and oxygen atoms in total. The van der Waals surface area contributed by atoms with Gasteiger partial charge in [0.05, 0.1) is 6.61 Å². The van der Waals surface area contributed by atoms with Crippen LogP contribution in [-0.2, 0) is 6.54 Å². The number of halogens is 1. The molecule has 0 unspecified atom stereocenters. The van der Waals surface area contributed by atoms with Crippen molar-refractivity contribution in [3.8, 4) is 5.75 Å². The monoisotopic (exact) mass is 198 g/mol. The Balaban J connectivity index is 2.68. The number of ether oxygens (including phenoxy) is 1. The third-order valence-corrected chi connectivity index (χ3v) is 1.77. The first-order valence-corrected chi connectivity index (χ1v) is 4.60. The maximum Gasteiger partial charge on any atom is 0.165 e. The Bertz CT molecular complexity index is 291. The molecule has 0 saturated carbocycles. The number of rotatable bonds is 5. The molecule has 14 heavy (non-hydrogen) atoms. The molecule has 0 aliphatic rings. The Kier molecular flexibility index (Phi) is 4.35. The highest BCUT2D eigenvalue weighted by Crippen LogP contribution is 2.17. The van der Waals surface area contributed by atoms with E-state index in [0.29, 0.717) is 25.6 Å². The van der Waals surface area contributed by atoms with Crippen LogP contribution in [0.1, 0.15) is 12.5 Å². The van der Waals surface area contributed by atoms with E-state index in [0.717, 1.165) is 5.56 Å². The quantitative estimate of drug-likeness (QED) is 0.699. The fourth-order valence-corrected chi connectivity index (χ4v) is 1.14. The van der Waals surface area contributed by atoms with Crippen molar-refractivity contribution in [1.82, 2.24) is 5.32 Å². The first-order chi connectivity index (χ1) is 6.77. The van der Waals surface area contributed by atoms with Gasteiger partial charge in [0.1, 0.15) is 0 Å². The molecule has 0 bridgehead atoms. The summed E-state index contributed by atoms with van der Waals surface area (Å²) in [6, 6.07) is 4.90. The second-order valence-corrected chi connectivity index (χ2v) is 2.83. The maximum atomic E-state index is 13.3. The summed E-state index contributed by atoms with van der Waals surface area (Å²) >= 11 is 0. The molecule has 0 aliphatic carbocycles. The Morgan fingerprint density at radius 2 is 2.29 bits per heavy atom. The Labute approximate surface area is 83.1 Å². The van der Waals surface area contributed by atoms with Crippen LogP contribution in [0.2, 0.25) is 0 Å². The summed E-state index contributed by atoms with van der Waals surface area (Å²) in [6.45, 7) is 3.25. The first-order valence-electron chi connectivity index (χ1n) is 4.60. The smallest absolute Gasteiger partial charge is 0.165 e. The summed E-state index contributed by atoms with van der Waals surface area (Å²) in [7, 11) is 0. The molecule has 0 fully saturated rings. The molecule has 1 rings (SSSR count). The Hall–Kier alpha value is -1.13. The minimum absolute atomic E-state index is 0.295. The van der Waals surface area contributed by atoms with Gasteiger partial charge in [-0.2, -0.15) is 0 Å². The SMILES string of the molecule is CCOc1ccc(CNCN)cc1F. The van der Waals surface area contributed by atoms with Crippen LogP contribution in [0, 0.1) is 5.82 Å². The van der Waals surface area contributed by atoms with Crippen LogP contribution in [-0.4, -0.2) is 13.3 Å². The van der Waals surface area contributed by atoms with Gasteiger partial charge in [-0.3, -0.25) is 0 Å². The van der Waals surface area contributed by atoms with E-state index < -0.39 is 0 Å². The molecule has 1 aromatic rings.